The van der Waals surface area contributed by atoms with Crippen LogP contribution in [-0.4, -0.2) is 35.1 Å². The minimum absolute atomic E-state index is 0.217. The van der Waals surface area contributed by atoms with Gasteiger partial charge in [-0.3, -0.25) is 4.79 Å². The van der Waals surface area contributed by atoms with Crippen LogP contribution in [0.15, 0.2) is 22.7 Å². The van der Waals surface area contributed by atoms with Crippen molar-refractivity contribution in [3.63, 3.8) is 0 Å². The van der Waals surface area contributed by atoms with Gasteiger partial charge in [0.25, 0.3) is 0 Å². The van der Waals surface area contributed by atoms with Crippen LogP contribution in [0.1, 0.15) is 18.4 Å². The van der Waals surface area contributed by atoms with Gasteiger partial charge in [-0.05, 0) is 47.0 Å². The first kappa shape index (κ1) is 15.3. The van der Waals surface area contributed by atoms with E-state index in [0.717, 1.165) is 0 Å². The Morgan fingerprint density at radius 2 is 2.24 bits per heavy atom. The maximum atomic E-state index is 12.2. The van der Waals surface area contributed by atoms with Crippen molar-refractivity contribution in [2.75, 3.05) is 18.4 Å². The number of halogens is 1. The smallest absolute Gasteiger partial charge is 0.321 e. The van der Waals surface area contributed by atoms with Gasteiger partial charge in [-0.2, -0.15) is 5.26 Å². The molecule has 6 nitrogen and oxygen atoms in total. The van der Waals surface area contributed by atoms with Crippen LogP contribution in [-0.2, 0) is 4.79 Å². The first-order valence-corrected chi connectivity index (χ1v) is 7.29. The number of aliphatic carboxylic acids is 1. The molecular formula is C14H14BrN3O3. The summed E-state index contributed by atoms with van der Waals surface area (Å²) in [5.41, 5.74) is 1.04. The van der Waals surface area contributed by atoms with Gasteiger partial charge in [0.05, 0.1) is 23.2 Å². The van der Waals surface area contributed by atoms with Gasteiger partial charge in [0.15, 0.2) is 0 Å². The SMILES string of the molecule is N#Cc1ccc(NC(=O)N2CCC[C@@H](C(=O)O)C2)c(Br)c1. The lowest BCUT2D eigenvalue weighted by Gasteiger charge is -2.30. The lowest BCUT2D eigenvalue weighted by atomic mass is 9.99. The summed E-state index contributed by atoms with van der Waals surface area (Å²) in [5.74, 6) is -1.37. The van der Waals surface area contributed by atoms with Crippen molar-refractivity contribution >= 4 is 33.6 Å². The van der Waals surface area contributed by atoms with E-state index in [4.69, 9.17) is 10.4 Å². The molecule has 21 heavy (non-hydrogen) atoms. The average molecular weight is 352 g/mol. The minimum Gasteiger partial charge on any atom is -0.481 e. The number of nitrogens with one attached hydrogen (secondary N) is 1. The number of nitriles is 1. The molecule has 1 aliphatic heterocycles. The molecule has 2 N–H and O–H groups in total. The van der Waals surface area contributed by atoms with Crippen LogP contribution >= 0.6 is 15.9 Å². The molecular weight excluding hydrogens is 338 g/mol. The Labute approximate surface area is 130 Å². The van der Waals surface area contributed by atoms with Crippen LogP contribution in [0.25, 0.3) is 0 Å². The number of carbonyl (C=O) groups is 2. The van der Waals surface area contributed by atoms with Crippen LogP contribution < -0.4 is 5.32 Å². The molecule has 2 rings (SSSR count). The highest BCUT2D eigenvalue weighted by atomic mass is 79.9. The van der Waals surface area contributed by atoms with E-state index >= 15 is 0 Å². The maximum Gasteiger partial charge on any atom is 0.321 e. The van der Waals surface area contributed by atoms with Crippen molar-refractivity contribution in [3.05, 3.63) is 28.2 Å². The molecule has 0 radical (unpaired) electrons. The molecule has 1 aromatic carbocycles. The largest absolute Gasteiger partial charge is 0.481 e. The standard InChI is InChI=1S/C14H14BrN3O3/c15-11-6-9(7-16)3-4-12(11)17-14(21)18-5-1-2-10(8-18)13(19)20/h3-4,6,10H,1-2,5,8H2,(H,17,21)(H,19,20)/t10-/m1/s1. The fourth-order valence-corrected chi connectivity index (χ4v) is 2.72. The molecule has 0 unspecified atom stereocenters. The second-order valence-electron chi connectivity index (χ2n) is 4.86. The number of urea groups is 1. The van der Waals surface area contributed by atoms with Crippen molar-refractivity contribution in [2.24, 2.45) is 5.92 Å². The number of carboxylic acid groups (broad SMARTS) is 1. The Morgan fingerprint density at radius 3 is 2.86 bits per heavy atom. The zero-order valence-corrected chi connectivity index (χ0v) is 12.8. The normalized spacial score (nSPS) is 17.9. The second kappa shape index (κ2) is 6.59. The molecule has 0 saturated carbocycles. The highest BCUT2D eigenvalue weighted by Gasteiger charge is 2.28. The fraction of sp³-hybridized carbons (Fsp3) is 0.357. The van der Waals surface area contributed by atoms with Crippen molar-refractivity contribution in [1.29, 1.82) is 5.26 Å². The summed E-state index contributed by atoms with van der Waals surface area (Å²) in [6, 6.07) is 6.55. The molecule has 1 heterocycles. The predicted octanol–water partition coefficient (Wildman–Crippen LogP) is 2.65. The van der Waals surface area contributed by atoms with E-state index in [-0.39, 0.29) is 12.6 Å². The van der Waals surface area contributed by atoms with E-state index in [1.165, 1.54) is 4.90 Å². The summed E-state index contributed by atoms with van der Waals surface area (Å²) in [7, 11) is 0. The summed E-state index contributed by atoms with van der Waals surface area (Å²) in [6.07, 6.45) is 1.28. The molecule has 7 heteroatoms. The third kappa shape index (κ3) is 3.73. The molecule has 110 valence electrons. The lowest BCUT2D eigenvalue weighted by Crippen LogP contribution is -2.44. The Hall–Kier alpha value is -2.07. The molecule has 0 aromatic heterocycles. The zero-order chi connectivity index (χ0) is 15.4. The summed E-state index contributed by atoms with van der Waals surface area (Å²) in [6.45, 7) is 0.762. The van der Waals surface area contributed by atoms with Crippen LogP contribution in [0.5, 0.6) is 0 Å². The number of carbonyl (C=O) groups excluding carboxylic acids is 1. The van der Waals surface area contributed by atoms with E-state index in [1.54, 1.807) is 18.2 Å². The quantitative estimate of drug-likeness (QED) is 0.856. The van der Waals surface area contributed by atoms with Gasteiger partial charge in [-0.1, -0.05) is 0 Å². The van der Waals surface area contributed by atoms with Crippen LogP contribution in [0.3, 0.4) is 0 Å². The van der Waals surface area contributed by atoms with E-state index in [2.05, 4.69) is 21.2 Å². The van der Waals surface area contributed by atoms with Gasteiger partial charge in [-0.15, -0.1) is 0 Å². The predicted molar refractivity (Wildman–Crippen MR) is 79.8 cm³/mol. The maximum absolute atomic E-state index is 12.2. The Morgan fingerprint density at radius 1 is 1.48 bits per heavy atom. The Kier molecular flexibility index (Phi) is 4.81. The fourth-order valence-electron chi connectivity index (χ4n) is 2.24. The first-order chi connectivity index (χ1) is 10.0. The summed E-state index contributed by atoms with van der Waals surface area (Å²) < 4.78 is 0.613. The summed E-state index contributed by atoms with van der Waals surface area (Å²) in [4.78, 5) is 24.7. The van der Waals surface area contributed by atoms with Gasteiger partial charge in [-0.25, -0.2) is 4.79 Å². The van der Waals surface area contributed by atoms with Crippen LogP contribution in [0.2, 0.25) is 0 Å². The summed E-state index contributed by atoms with van der Waals surface area (Å²) >= 11 is 3.30. The van der Waals surface area contributed by atoms with Gasteiger partial charge in [0, 0.05) is 17.6 Å². The van der Waals surface area contributed by atoms with Gasteiger partial charge in [0.2, 0.25) is 0 Å². The molecule has 0 aliphatic carbocycles. The molecule has 0 spiro atoms. The first-order valence-electron chi connectivity index (χ1n) is 6.49. The van der Waals surface area contributed by atoms with Gasteiger partial charge in [0.1, 0.15) is 0 Å². The molecule has 1 saturated heterocycles. The van der Waals surface area contributed by atoms with Gasteiger partial charge < -0.3 is 15.3 Å². The number of rotatable bonds is 2. The van der Waals surface area contributed by atoms with E-state index in [9.17, 15) is 9.59 Å². The molecule has 1 atom stereocenters. The van der Waals surface area contributed by atoms with Crippen molar-refractivity contribution in [1.82, 2.24) is 4.90 Å². The highest BCUT2D eigenvalue weighted by Crippen LogP contribution is 2.24. The average Bonchev–Trinajstić information content (AvgIpc) is 2.49. The minimum atomic E-state index is -0.868. The number of carboxylic acids is 1. The number of piperidine rings is 1. The zero-order valence-electron chi connectivity index (χ0n) is 11.2. The molecule has 1 aromatic rings. The van der Waals surface area contributed by atoms with Crippen molar-refractivity contribution in [2.45, 2.75) is 12.8 Å². The number of hydrogen-bond donors (Lipinski definition) is 2. The monoisotopic (exact) mass is 351 g/mol. The number of amides is 2. The van der Waals surface area contributed by atoms with E-state index in [0.29, 0.717) is 35.1 Å². The van der Waals surface area contributed by atoms with Crippen LogP contribution in [0, 0.1) is 17.2 Å². The number of anilines is 1. The van der Waals surface area contributed by atoms with Crippen LogP contribution in [0.4, 0.5) is 10.5 Å². The van der Waals surface area contributed by atoms with Crippen molar-refractivity contribution in [3.8, 4) is 6.07 Å². The Balaban J connectivity index is 2.04. The topological polar surface area (TPSA) is 93.4 Å². The highest BCUT2D eigenvalue weighted by molar-refractivity contribution is 9.10. The molecule has 2 amide bonds. The number of nitrogens with zero attached hydrogens (tertiary/aromatic N) is 2. The third-order valence-electron chi connectivity index (χ3n) is 3.40. The number of benzene rings is 1. The molecule has 1 aliphatic rings. The molecule has 1 fully saturated rings. The second-order valence-corrected chi connectivity index (χ2v) is 5.71. The van der Waals surface area contributed by atoms with Gasteiger partial charge >= 0.3 is 12.0 Å². The number of likely N-dealkylation sites (tertiary alicyclic amines) is 1. The molecule has 0 bridgehead atoms. The van der Waals surface area contributed by atoms with Crippen molar-refractivity contribution < 1.29 is 14.7 Å². The van der Waals surface area contributed by atoms with E-state index < -0.39 is 11.9 Å². The number of hydrogen-bond acceptors (Lipinski definition) is 3. The summed E-state index contributed by atoms with van der Waals surface area (Å²) in [5, 5.41) is 20.6. The third-order valence-corrected chi connectivity index (χ3v) is 4.05. The Bertz CT molecular complexity index is 612. The van der Waals surface area contributed by atoms with E-state index in [1.807, 2.05) is 6.07 Å². The lowest BCUT2D eigenvalue weighted by molar-refractivity contribution is -0.143.